The van der Waals surface area contributed by atoms with Crippen molar-refractivity contribution in [3.63, 3.8) is 0 Å². The van der Waals surface area contributed by atoms with Gasteiger partial charge >= 0.3 is 0 Å². The summed E-state index contributed by atoms with van der Waals surface area (Å²) < 4.78 is 0. The molecular formula is C20H28O2. The van der Waals surface area contributed by atoms with Gasteiger partial charge in [0.2, 0.25) is 0 Å². The Bertz CT molecular complexity index is 572. The smallest absolute Gasteiger partial charge is 0.168 e. The van der Waals surface area contributed by atoms with Crippen molar-refractivity contribution in [3.05, 3.63) is 23.5 Å². The summed E-state index contributed by atoms with van der Waals surface area (Å²) in [7, 11) is 0. The molecule has 0 aromatic rings. The zero-order chi connectivity index (χ0) is 15.5. The number of rotatable bonds is 0. The lowest BCUT2D eigenvalue weighted by molar-refractivity contribution is -0.129. The van der Waals surface area contributed by atoms with Crippen molar-refractivity contribution >= 4 is 5.78 Å². The molecule has 0 spiro atoms. The van der Waals surface area contributed by atoms with Crippen LogP contribution in [0.4, 0.5) is 0 Å². The molecular weight excluding hydrogens is 272 g/mol. The summed E-state index contributed by atoms with van der Waals surface area (Å²) in [6.45, 7) is 4.66. The summed E-state index contributed by atoms with van der Waals surface area (Å²) >= 11 is 0. The average molecular weight is 300 g/mol. The van der Waals surface area contributed by atoms with Crippen LogP contribution >= 0.6 is 0 Å². The number of carbonyl (C=O) groups excluding carboxylic acids is 1. The molecule has 4 rings (SSSR count). The lowest BCUT2D eigenvalue weighted by Gasteiger charge is -2.56. The fourth-order valence-electron chi connectivity index (χ4n) is 6.48. The van der Waals surface area contributed by atoms with E-state index in [1.54, 1.807) is 5.57 Å². The van der Waals surface area contributed by atoms with Gasteiger partial charge in [0.25, 0.3) is 0 Å². The molecule has 0 unspecified atom stereocenters. The fraction of sp³-hybridized carbons (Fsp3) is 0.750. The molecule has 0 aromatic heterocycles. The van der Waals surface area contributed by atoms with Crippen molar-refractivity contribution in [1.29, 1.82) is 0 Å². The molecule has 0 aromatic carbocycles. The van der Waals surface area contributed by atoms with Crippen LogP contribution in [0.25, 0.3) is 0 Å². The van der Waals surface area contributed by atoms with Gasteiger partial charge in [-0.05, 0) is 68.1 Å². The second kappa shape index (κ2) is 4.72. The van der Waals surface area contributed by atoms with Crippen molar-refractivity contribution in [1.82, 2.24) is 0 Å². The first-order valence-corrected chi connectivity index (χ1v) is 9.08. The van der Waals surface area contributed by atoms with Crippen LogP contribution in [0.5, 0.6) is 0 Å². The highest BCUT2D eigenvalue weighted by atomic mass is 16.2. The predicted octanol–water partition coefficient (Wildman–Crippen LogP) is 4.96. The number of fused-ring (bicyclic) bond motifs is 5. The van der Waals surface area contributed by atoms with Crippen LogP contribution in [0.1, 0.15) is 65.2 Å². The van der Waals surface area contributed by atoms with Crippen molar-refractivity contribution in [2.24, 2.45) is 28.6 Å². The number of carbonyl (C=O) groups is 1. The average Bonchev–Trinajstić information content (AvgIpc) is 2.78. The molecule has 4 aliphatic rings. The maximum absolute atomic E-state index is 12.7. The zero-order valence-electron chi connectivity index (χ0n) is 13.9. The minimum absolute atomic E-state index is 0.216. The standard InChI is InChI=1S/C20H28O2/c1-19-9-4-3-5-14(19)6-7-15-16(19)8-10-20(2)17(15)11-13(12-21)18(20)22/h6,12,15-17,21H,3-5,7-11H2,1-2H3/b13-12-/t15-,16+,17+,19+,20+/m1/s1. The van der Waals surface area contributed by atoms with E-state index in [9.17, 15) is 9.90 Å². The highest BCUT2D eigenvalue weighted by Crippen LogP contribution is 2.64. The van der Waals surface area contributed by atoms with Crippen molar-refractivity contribution in [2.45, 2.75) is 65.2 Å². The van der Waals surface area contributed by atoms with Gasteiger partial charge < -0.3 is 5.11 Å². The van der Waals surface area contributed by atoms with Gasteiger partial charge in [-0.1, -0.05) is 31.9 Å². The first-order chi connectivity index (χ1) is 10.5. The van der Waals surface area contributed by atoms with Gasteiger partial charge in [0.15, 0.2) is 5.78 Å². The molecule has 5 atom stereocenters. The van der Waals surface area contributed by atoms with Crippen molar-refractivity contribution in [2.75, 3.05) is 0 Å². The molecule has 3 saturated carbocycles. The summed E-state index contributed by atoms with van der Waals surface area (Å²) in [4.78, 5) is 12.7. The molecule has 0 amide bonds. The van der Waals surface area contributed by atoms with E-state index in [1.807, 2.05) is 0 Å². The SMILES string of the molecule is C[C@]12CCCCC1=CC[C@@H]1[C@@H]2CC[C@]2(C)C(=O)/C(=C\O)C[C@@H]12. The Morgan fingerprint density at radius 1 is 1.18 bits per heavy atom. The Hall–Kier alpha value is -1.05. The van der Waals surface area contributed by atoms with E-state index < -0.39 is 0 Å². The van der Waals surface area contributed by atoms with Gasteiger partial charge in [0.1, 0.15) is 0 Å². The highest BCUT2D eigenvalue weighted by Gasteiger charge is 2.59. The Kier molecular flexibility index (Phi) is 3.12. The van der Waals surface area contributed by atoms with Crippen LogP contribution in [0.3, 0.4) is 0 Å². The lowest BCUT2D eigenvalue weighted by atomic mass is 9.48. The molecule has 0 radical (unpaired) electrons. The predicted molar refractivity (Wildman–Crippen MR) is 87.4 cm³/mol. The van der Waals surface area contributed by atoms with E-state index >= 15 is 0 Å². The molecule has 0 saturated heterocycles. The zero-order valence-corrected chi connectivity index (χ0v) is 13.9. The van der Waals surface area contributed by atoms with E-state index in [0.717, 1.165) is 31.4 Å². The van der Waals surface area contributed by atoms with Crippen LogP contribution < -0.4 is 0 Å². The van der Waals surface area contributed by atoms with E-state index in [2.05, 4.69) is 19.9 Å². The number of allylic oxidation sites excluding steroid dienone is 3. The Morgan fingerprint density at radius 2 is 2.00 bits per heavy atom. The number of aliphatic hydroxyl groups excluding tert-OH is 1. The van der Waals surface area contributed by atoms with Crippen LogP contribution in [0.2, 0.25) is 0 Å². The molecule has 2 nitrogen and oxygen atoms in total. The minimum atomic E-state index is -0.216. The Balaban J connectivity index is 1.73. The van der Waals surface area contributed by atoms with Gasteiger partial charge in [-0.3, -0.25) is 4.79 Å². The molecule has 2 heteroatoms. The van der Waals surface area contributed by atoms with Gasteiger partial charge in [-0.15, -0.1) is 0 Å². The third kappa shape index (κ3) is 1.70. The van der Waals surface area contributed by atoms with Gasteiger partial charge in [0, 0.05) is 11.0 Å². The van der Waals surface area contributed by atoms with Crippen LogP contribution in [-0.4, -0.2) is 10.9 Å². The van der Waals surface area contributed by atoms with Gasteiger partial charge in [-0.25, -0.2) is 0 Å². The number of Topliss-reactive ketones (excluding diaryl/α,β-unsaturated/α-hetero) is 1. The number of aliphatic hydroxyl groups is 1. The second-order valence-electron chi connectivity index (χ2n) is 8.61. The summed E-state index contributed by atoms with van der Waals surface area (Å²) in [6, 6.07) is 0. The molecule has 120 valence electrons. The van der Waals surface area contributed by atoms with Gasteiger partial charge in [-0.2, -0.15) is 0 Å². The van der Waals surface area contributed by atoms with Crippen LogP contribution in [0, 0.1) is 28.6 Å². The summed E-state index contributed by atoms with van der Waals surface area (Å²) in [5.74, 6) is 2.04. The molecule has 0 heterocycles. The quantitative estimate of drug-likeness (QED) is 0.390. The maximum atomic E-state index is 12.7. The topological polar surface area (TPSA) is 37.3 Å². The molecule has 22 heavy (non-hydrogen) atoms. The van der Waals surface area contributed by atoms with Crippen molar-refractivity contribution < 1.29 is 9.90 Å². The highest BCUT2D eigenvalue weighted by molar-refractivity contribution is 6.02. The molecule has 3 fully saturated rings. The summed E-state index contributed by atoms with van der Waals surface area (Å²) in [6.07, 6.45) is 13.1. The minimum Gasteiger partial charge on any atom is -0.515 e. The van der Waals surface area contributed by atoms with E-state index in [4.69, 9.17) is 0 Å². The first-order valence-electron chi connectivity index (χ1n) is 9.08. The first kappa shape index (κ1) is 14.5. The van der Waals surface area contributed by atoms with E-state index in [-0.39, 0.29) is 11.2 Å². The summed E-state index contributed by atoms with van der Waals surface area (Å²) in [5, 5.41) is 9.44. The maximum Gasteiger partial charge on any atom is 0.168 e. The second-order valence-corrected chi connectivity index (χ2v) is 8.61. The van der Waals surface area contributed by atoms with E-state index in [0.29, 0.717) is 22.8 Å². The fourth-order valence-corrected chi connectivity index (χ4v) is 6.48. The molecule has 0 bridgehead atoms. The largest absolute Gasteiger partial charge is 0.515 e. The molecule has 0 aliphatic heterocycles. The Labute approximate surface area is 133 Å². The van der Waals surface area contributed by atoms with Crippen molar-refractivity contribution in [3.8, 4) is 0 Å². The lowest BCUT2D eigenvalue weighted by Crippen LogP contribution is -2.49. The third-order valence-corrected chi connectivity index (χ3v) is 7.81. The third-order valence-electron chi connectivity index (χ3n) is 7.81. The number of ketones is 1. The molecule has 4 aliphatic carbocycles. The monoisotopic (exact) mass is 300 g/mol. The number of hydrogen-bond donors (Lipinski definition) is 1. The Morgan fingerprint density at radius 3 is 2.77 bits per heavy atom. The van der Waals surface area contributed by atoms with E-state index in [1.165, 1.54) is 32.1 Å². The number of hydrogen-bond acceptors (Lipinski definition) is 2. The van der Waals surface area contributed by atoms with Gasteiger partial charge in [0.05, 0.1) is 6.26 Å². The van der Waals surface area contributed by atoms with Crippen LogP contribution in [0.15, 0.2) is 23.5 Å². The van der Waals surface area contributed by atoms with Crippen LogP contribution in [-0.2, 0) is 4.79 Å². The summed E-state index contributed by atoms with van der Waals surface area (Å²) in [5.41, 5.74) is 2.56. The normalized spacial score (nSPS) is 49.4. The molecule has 1 N–H and O–H groups in total.